The average Bonchev–Trinajstić information content (AvgIpc) is 3.16. The van der Waals surface area contributed by atoms with Crippen LogP contribution in [0.25, 0.3) is 0 Å². The number of likely N-dealkylation sites (tertiary alicyclic amines) is 1. The van der Waals surface area contributed by atoms with Gasteiger partial charge in [-0.2, -0.15) is 4.98 Å². The van der Waals surface area contributed by atoms with E-state index in [-0.39, 0.29) is 0 Å². The molecule has 0 saturated carbocycles. The average molecular weight is 472 g/mol. The molecule has 2 aromatic carbocycles. The highest BCUT2D eigenvalue weighted by Crippen LogP contribution is 2.23. The summed E-state index contributed by atoms with van der Waals surface area (Å²) in [6.45, 7) is 5.71. The number of anilines is 2. The molecule has 3 heterocycles. The Morgan fingerprint density at radius 2 is 1.69 bits per heavy atom. The minimum atomic E-state index is 0.481. The zero-order valence-electron chi connectivity index (χ0n) is 20.6. The number of nitrogens with zero attached hydrogens (tertiary/aromatic N) is 4. The van der Waals surface area contributed by atoms with Gasteiger partial charge in [0.25, 0.3) is 0 Å². The third-order valence-electron chi connectivity index (χ3n) is 7.10. The van der Waals surface area contributed by atoms with E-state index in [1.165, 1.54) is 49.7 Å². The number of hydrogen-bond donors (Lipinski definition) is 1. The maximum absolute atomic E-state index is 6.05. The lowest BCUT2D eigenvalue weighted by molar-refractivity contribution is 0.253. The van der Waals surface area contributed by atoms with Gasteiger partial charge in [-0.3, -0.25) is 4.90 Å². The van der Waals surface area contributed by atoms with Crippen molar-refractivity contribution in [2.75, 3.05) is 36.4 Å². The van der Waals surface area contributed by atoms with Gasteiger partial charge in [0.05, 0.1) is 0 Å². The second-order valence-electron chi connectivity index (χ2n) is 9.71. The van der Waals surface area contributed by atoms with Crippen molar-refractivity contribution in [1.29, 1.82) is 0 Å². The molecule has 0 aliphatic carbocycles. The molecule has 3 aromatic rings. The van der Waals surface area contributed by atoms with Gasteiger partial charge in [-0.15, -0.1) is 0 Å². The van der Waals surface area contributed by atoms with Crippen LogP contribution in [0.2, 0.25) is 0 Å². The normalized spacial score (nSPS) is 18.9. The van der Waals surface area contributed by atoms with Crippen LogP contribution in [0.5, 0.6) is 5.75 Å². The quantitative estimate of drug-likeness (QED) is 0.444. The van der Waals surface area contributed by atoms with Crippen LogP contribution in [0.3, 0.4) is 0 Å². The van der Waals surface area contributed by atoms with Crippen molar-refractivity contribution in [3.8, 4) is 5.75 Å². The number of nitrogens with one attached hydrogen (secondary N) is 1. The first-order valence-electron chi connectivity index (χ1n) is 13.1. The number of ether oxygens (including phenoxy) is 1. The van der Waals surface area contributed by atoms with Crippen LogP contribution in [0.15, 0.2) is 66.9 Å². The summed E-state index contributed by atoms with van der Waals surface area (Å²) in [6, 6.07) is 21.4. The fraction of sp³-hybridized carbons (Fsp3) is 0.448. The summed E-state index contributed by atoms with van der Waals surface area (Å²) in [5.74, 6) is 2.73. The molecule has 35 heavy (non-hydrogen) atoms. The Labute approximate surface area is 209 Å². The largest absolute Gasteiger partial charge is 0.489 e. The molecule has 0 bridgehead atoms. The molecule has 0 radical (unpaired) electrons. The molecule has 0 spiro atoms. The Kier molecular flexibility index (Phi) is 8.11. The van der Waals surface area contributed by atoms with Crippen molar-refractivity contribution in [2.45, 2.75) is 57.7 Å². The van der Waals surface area contributed by atoms with Crippen molar-refractivity contribution in [1.82, 2.24) is 14.9 Å². The highest BCUT2D eigenvalue weighted by atomic mass is 16.5. The van der Waals surface area contributed by atoms with E-state index in [2.05, 4.69) is 50.4 Å². The van der Waals surface area contributed by atoms with Crippen molar-refractivity contribution in [2.24, 2.45) is 0 Å². The second-order valence-corrected chi connectivity index (χ2v) is 9.71. The van der Waals surface area contributed by atoms with E-state index in [0.29, 0.717) is 12.6 Å². The molecule has 1 unspecified atom stereocenters. The summed E-state index contributed by atoms with van der Waals surface area (Å²) in [5, 5.41) is 3.53. The standard InChI is InChI=1S/C29H37N5O/c1-2-7-18-33(17-6-1)28-15-16-30-29(32-28)31-21-26-13-9-19-34(26)22-25-12-8-14-27(20-25)35-23-24-10-4-3-5-11-24/h3-5,8,10-12,14-16,20,26H,1-2,6-7,9,13,17-19,21-23H2,(H,30,31,32). The molecular weight excluding hydrogens is 434 g/mol. The van der Waals surface area contributed by atoms with Gasteiger partial charge in [-0.05, 0) is 61.6 Å². The maximum atomic E-state index is 6.05. The number of hydrogen-bond acceptors (Lipinski definition) is 6. The monoisotopic (exact) mass is 471 g/mol. The van der Waals surface area contributed by atoms with E-state index in [1.807, 2.05) is 36.5 Å². The first-order chi connectivity index (χ1) is 17.3. The van der Waals surface area contributed by atoms with E-state index >= 15 is 0 Å². The number of aromatic nitrogens is 2. The van der Waals surface area contributed by atoms with Crippen molar-refractivity contribution in [3.63, 3.8) is 0 Å². The van der Waals surface area contributed by atoms with Crippen LogP contribution < -0.4 is 15.0 Å². The lowest BCUT2D eigenvalue weighted by Crippen LogP contribution is -2.34. The summed E-state index contributed by atoms with van der Waals surface area (Å²) in [6.07, 6.45) is 9.47. The third kappa shape index (κ3) is 6.73. The van der Waals surface area contributed by atoms with E-state index in [9.17, 15) is 0 Å². The smallest absolute Gasteiger partial charge is 0.224 e. The van der Waals surface area contributed by atoms with E-state index in [4.69, 9.17) is 9.72 Å². The molecule has 6 nitrogen and oxygen atoms in total. The van der Waals surface area contributed by atoms with Crippen LogP contribution in [0.4, 0.5) is 11.8 Å². The van der Waals surface area contributed by atoms with Gasteiger partial charge in [0.2, 0.25) is 5.95 Å². The second kappa shape index (κ2) is 12.0. The molecule has 2 aliphatic rings. The van der Waals surface area contributed by atoms with Crippen LogP contribution in [-0.4, -0.2) is 47.1 Å². The van der Waals surface area contributed by atoms with Gasteiger partial charge in [0.15, 0.2) is 0 Å². The van der Waals surface area contributed by atoms with Crippen LogP contribution in [0.1, 0.15) is 49.7 Å². The molecule has 1 atom stereocenters. The van der Waals surface area contributed by atoms with Gasteiger partial charge in [-0.25, -0.2) is 4.98 Å². The molecular formula is C29H37N5O. The van der Waals surface area contributed by atoms with Crippen molar-refractivity contribution < 1.29 is 4.74 Å². The highest BCUT2D eigenvalue weighted by molar-refractivity contribution is 5.42. The van der Waals surface area contributed by atoms with Gasteiger partial charge in [-0.1, -0.05) is 55.3 Å². The molecule has 6 heteroatoms. The minimum Gasteiger partial charge on any atom is -0.489 e. The lowest BCUT2D eigenvalue weighted by atomic mass is 10.1. The number of benzene rings is 2. The summed E-state index contributed by atoms with van der Waals surface area (Å²) in [7, 11) is 0. The summed E-state index contributed by atoms with van der Waals surface area (Å²) in [4.78, 5) is 14.3. The summed E-state index contributed by atoms with van der Waals surface area (Å²) in [5.41, 5.74) is 2.48. The predicted octanol–water partition coefficient (Wildman–Crippen LogP) is 5.51. The van der Waals surface area contributed by atoms with Crippen LogP contribution in [0, 0.1) is 0 Å². The molecule has 184 valence electrons. The van der Waals surface area contributed by atoms with Gasteiger partial charge in [0, 0.05) is 38.4 Å². The Hall–Kier alpha value is -3.12. The molecule has 1 N–H and O–H groups in total. The molecule has 2 saturated heterocycles. The fourth-order valence-corrected chi connectivity index (χ4v) is 5.16. The highest BCUT2D eigenvalue weighted by Gasteiger charge is 2.24. The molecule has 2 aliphatic heterocycles. The third-order valence-corrected chi connectivity index (χ3v) is 7.10. The van der Waals surface area contributed by atoms with E-state index in [1.54, 1.807) is 0 Å². The Morgan fingerprint density at radius 3 is 2.54 bits per heavy atom. The SMILES string of the molecule is c1ccc(COc2cccc(CN3CCCC3CNc3nccc(N4CCCCCC4)n3)c2)cc1. The Morgan fingerprint density at radius 1 is 0.857 bits per heavy atom. The molecule has 0 amide bonds. The first-order valence-corrected chi connectivity index (χ1v) is 13.1. The van der Waals surface area contributed by atoms with Crippen LogP contribution in [-0.2, 0) is 13.2 Å². The Balaban J connectivity index is 1.15. The molecule has 5 rings (SSSR count). The zero-order chi connectivity index (χ0) is 23.7. The van der Waals surface area contributed by atoms with Gasteiger partial charge in [0.1, 0.15) is 18.2 Å². The minimum absolute atomic E-state index is 0.481. The molecule has 2 fully saturated rings. The van der Waals surface area contributed by atoms with Crippen molar-refractivity contribution >= 4 is 11.8 Å². The summed E-state index contributed by atoms with van der Waals surface area (Å²) >= 11 is 0. The molecule has 1 aromatic heterocycles. The van der Waals surface area contributed by atoms with E-state index in [0.717, 1.165) is 50.2 Å². The lowest BCUT2D eigenvalue weighted by Gasteiger charge is -2.25. The topological polar surface area (TPSA) is 53.5 Å². The predicted molar refractivity (Wildman–Crippen MR) is 142 cm³/mol. The van der Waals surface area contributed by atoms with Gasteiger partial charge < -0.3 is 15.0 Å². The summed E-state index contributed by atoms with van der Waals surface area (Å²) < 4.78 is 6.05. The first kappa shape index (κ1) is 23.6. The van der Waals surface area contributed by atoms with E-state index < -0.39 is 0 Å². The maximum Gasteiger partial charge on any atom is 0.224 e. The zero-order valence-corrected chi connectivity index (χ0v) is 20.6. The van der Waals surface area contributed by atoms with Crippen LogP contribution >= 0.6 is 0 Å². The Bertz CT molecular complexity index is 1050. The number of rotatable bonds is 9. The van der Waals surface area contributed by atoms with Gasteiger partial charge >= 0.3 is 0 Å². The fourth-order valence-electron chi connectivity index (χ4n) is 5.16. The van der Waals surface area contributed by atoms with Crippen molar-refractivity contribution in [3.05, 3.63) is 78.0 Å².